The molecule has 0 N–H and O–H groups in total. The average molecular weight is 625 g/mol. The Bertz CT molecular complexity index is 2410. The van der Waals surface area contributed by atoms with Gasteiger partial charge in [-0.05, 0) is 129 Å². The van der Waals surface area contributed by atoms with E-state index in [0.29, 0.717) is 0 Å². The van der Waals surface area contributed by atoms with E-state index in [2.05, 4.69) is 147 Å². The molecule has 9 aromatic rings. The summed E-state index contributed by atoms with van der Waals surface area (Å²) in [5, 5.41) is 7.16. The van der Waals surface area contributed by atoms with Gasteiger partial charge in [0.1, 0.15) is 10.0 Å². The molecule has 0 saturated heterocycles. The molecule has 0 aliphatic carbocycles. The highest BCUT2D eigenvalue weighted by molar-refractivity contribution is 7.22. The first-order valence-electron chi connectivity index (χ1n) is 15.5. The van der Waals surface area contributed by atoms with Crippen molar-refractivity contribution in [2.24, 2.45) is 0 Å². The van der Waals surface area contributed by atoms with Gasteiger partial charge in [0.25, 0.3) is 0 Å². The third-order valence-corrected chi connectivity index (χ3v) is 11.1. The fourth-order valence-electron chi connectivity index (χ4n) is 6.56. The number of fused-ring (bicyclic) bond motifs is 4. The summed E-state index contributed by atoms with van der Waals surface area (Å²) < 4.78 is 2.42. The lowest BCUT2D eigenvalue weighted by Gasteiger charge is -2.11. The molecule has 2 nitrogen and oxygen atoms in total. The third kappa shape index (κ3) is 4.69. The van der Waals surface area contributed by atoms with Crippen LogP contribution >= 0.6 is 22.7 Å². The van der Waals surface area contributed by atoms with Crippen molar-refractivity contribution in [2.45, 2.75) is 13.8 Å². The molecule has 0 radical (unpaired) electrons. The molecule has 0 fully saturated rings. The summed E-state index contributed by atoms with van der Waals surface area (Å²) in [4.78, 5) is 10.1. The minimum absolute atomic E-state index is 1.05. The normalized spacial score (nSPS) is 11.7. The molecule has 9 rings (SSSR count). The molecule has 2 aromatic heterocycles. The summed E-state index contributed by atoms with van der Waals surface area (Å²) in [7, 11) is 0. The van der Waals surface area contributed by atoms with Crippen LogP contribution in [0.15, 0.2) is 133 Å². The van der Waals surface area contributed by atoms with Crippen molar-refractivity contribution >= 4 is 64.7 Å². The van der Waals surface area contributed by atoms with Gasteiger partial charge in [-0.15, -0.1) is 22.7 Å². The Morgan fingerprint density at radius 1 is 0.391 bits per heavy atom. The fraction of sp³-hybridized carbons (Fsp3) is 0.0476. The number of benzene rings is 7. The van der Waals surface area contributed by atoms with Gasteiger partial charge in [-0.2, -0.15) is 0 Å². The smallest absolute Gasteiger partial charge is 0.124 e. The lowest BCUT2D eigenvalue weighted by atomic mass is 9.95. The number of aryl methyl sites for hydroxylation is 2. The van der Waals surface area contributed by atoms with Crippen LogP contribution in [0.4, 0.5) is 0 Å². The van der Waals surface area contributed by atoms with E-state index in [1.54, 1.807) is 22.7 Å². The summed E-state index contributed by atoms with van der Waals surface area (Å²) in [5.41, 5.74) is 11.9. The Morgan fingerprint density at radius 2 is 0.826 bits per heavy atom. The van der Waals surface area contributed by atoms with Crippen LogP contribution in [0, 0.1) is 13.8 Å². The molecule has 2 heterocycles. The number of hydrogen-bond acceptors (Lipinski definition) is 4. The van der Waals surface area contributed by atoms with Crippen LogP contribution < -0.4 is 0 Å². The number of thiazole rings is 2. The number of rotatable bonds is 4. The Hall–Kier alpha value is -5.16. The maximum atomic E-state index is 5.04. The van der Waals surface area contributed by atoms with E-state index >= 15 is 0 Å². The summed E-state index contributed by atoms with van der Waals surface area (Å²) >= 11 is 3.53. The van der Waals surface area contributed by atoms with E-state index in [1.807, 2.05) is 0 Å². The molecule has 0 atom stereocenters. The van der Waals surface area contributed by atoms with E-state index in [4.69, 9.17) is 9.97 Å². The van der Waals surface area contributed by atoms with E-state index in [-0.39, 0.29) is 0 Å². The van der Waals surface area contributed by atoms with E-state index in [9.17, 15) is 0 Å². The summed E-state index contributed by atoms with van der Waals surface area (Å²) in [5.74, 6) is 0. The van der Waals surface area contributed by atoms with Crippen LogP contribution in [0.2, 0.25) is 0 Å². The number of nitrogens with zero attached hydrogens (tertiary/aromatic N) is 2. The third-order valence-electron chi connectivity index (χ3n) is 8.92. The number of aromatic nitrogens is 2. The zero-order valence-electron chi connectivity index (χ0n) is 25.4. The van der Waals surface area contributed by atoms with E-state index in [0.717, 1.165) is 21.0 Å². The second-order valence-corrected chi connectivity index (χ2v) is 14.1. The van der Waals surface area contributed by atoms with Crippen molar-refractivity contribution in [3.8, 4) is 43.4 Å². The first kappa shape index (κ1) is 27.2. The lowest BCUT2D eigenvalue weighted by Crippen LogP contribution is -1.87. The highest BCUT2D eigenvalue weighted by Gasteiger charge is 2.14. The molecular weight excluding hydrogens is 597 g/mol. The Kier molecular flexibility index (Phi) is 6.34. The predicted octanol–water partition coefficient (Wildman–Crippen LogP) is 12.5. The Balaban J connectivity index is 1.10. The van der Waals surface area contributed by atoms with Crippen molar-refractivity contribution in [2.75, 3.05) is 0 Å². The molecule has 0 amide bonds. The Labute approximate surface area is 275 Å². The predicted molar refractivity (Wildman–Crippen MR) is 199 cm³/mol. The van der Waals surface area contributed by atoms with Gasteiger partial charge in [0.2, 0.25) is 0 Å². The maximum Gasteiger partial charge on any atom is 0.124 e. The molecule has 0 aliphatic heterocycles. The molecule has 46 heavy (non-hydrogen) atoms. The molecule has 0 bridgehead atoms. The van der Waals surface area contributed by atoms with Crippen LogP contribution in [0.5, 0.6) is 0 Å². The fourth-order valence-corrected chi connectivity index (χ4v) is 8.54. The lowest BCUT2D eigenvalue weighted by molar-refractivity contribution is 1.45. The van der Waals surface area contributed by atoms with Gasteiger partial charge >= 0.3 is 0 Å². The monoisotopic (exact) mass is 624 g/mol. The van der Waals surface area contributed by atoms with Gasteiger partial charge in [-0.25, -0.2) is 9.97 Å². The maximum absolute atomic E-state index is 5.04. The van der Waals surface area contributed by atoms with Crippen molar-refractivity contribution in [1.29, 1.82) is 0 Å². The van der Waals surface area contributed by atoms with Gasteiger partial charge < -0.3 is 0 Å². The summed E-state index contributed by atoms with van der Waals surface area (Å²) in [6.07, 6.45) is 0. The van der Waals surface area contributed by atoms with Crippen molar-refractivity contribution < 1.29 is 0 Å². The molecule has 0 spiro atoms. The summed E-state index contributed by atoms with van der Waals surface area (Å²) in [6, 6.07) is 48.2. The van der Waals surface area contributed by atoms with Gasteiger partial charge in [0, 0.05) is 11.1 Å². The molecule has 218 valence electrons. The van der Waals surface area contributed by atoms with Crippen molar-refractivity contribution in [3.05, 3.63) is 145 Å². The van der Waals surface area contributed by atoms with Crippen LogP contribution in [0.3, 0.4) is 0 Å². The van der Waals surface area contributed by atoms with E-state index in [1.165, 1.54) is 75.5 Å². The minimum Gasteiger partial charge on any atom is -0.236 e. The second-order valence-electron chi connectivity index (χ2n) is 12.0. The molecule has 0 aliphatic rings. The number of hydrogen-bond donors (Lipinski definition) is 0. The largest absolute Gasteiger partial charge is 0.236 e. The zero-order chi connectivity index (χ0) is 30.8. The van der Waals surface area contributed by atoms with Crippen molar-refractivity contribution in [3.63, 3.8) is 0 Å². The van der Waals surface area contributed by atoms with Crippen LogP contribution in [-0.4, -0.2) is 9.97 Å². The first-order valence-corrected chi connectivity index (χ1v) is 17.1. The zero-order valence-corrected chi connectivity index (χ0v) is 27.0. The van der Waals surface area contributed by atoms with Gasteiger partial charge in [0.05, 0.1) is 20.4 Å². The topological polar surface area (TPSA) is 25.8 Å². The van der Waals surface area contributed by atoms with Gasteiger partial charge in [0.15, 0.2) is 0 Å². The van der Waals surface area contributed by atoms with Crippen LogP contribution in [0.1, 0.15) is 11.1 Å². The molecule has 4 heteroatoms. The summed E-state index contributed by atoms with van der Waals surface area (Å²) in [6.45, 7) is 4.43. The second kappa shape index (κ2) is 10.7. The molecule has 0 saturated carbocycles. The first-order chi connectivity index (χ1) is 22.6. The van der Waals surface area contributed by atoms with Crippen molar-refractivity contribution in [1.82, 2.24) is 9.97 Å². The van der Waals surface area contributed by atoms with Gasteiger partial charge in [-0.1, -0.05) is 72.8 Å². The highest BCUT2D eigenvalue weighted by atomic mass is 32.1. The minimum atomic E-state index is 1.05. The molecular formula is C42H28N2S2. The van der Waals surface area contributed by atoms with Crippen LogP contribution in [0.25, 0.3) is 85.4 Å². The van der Waals surface area contributed by atoms with Crippen LogP contribution in [-0.2, 0) is 0 Å². The average Bonchev–Trinajstić information content (AvgIpc) is 3.73. The quantitative estimate of drug-likeness (QED) is 0.182. The Morgan fingerprint density at radius 3 is 1.26 bits per heavy atom. The molecule has 0 unspecified atom stereocenters. The SMILES string of the molecule is Cc1cc(-c2nc3ccc(-c4ccccc4)cc3s2)cc2cc3c(C)cc(-c4nc5ccc(-c6ccccc6)cc5s4)cc3cc12. The molecule has 7 aromatic carbocycles. The highest BCUT2D eigenvalue weighted by Crippen LogP contribution is 2.39. The standard InChI is InChI=1S/C42H28N2S2/c1-25-17-33(41-43-37-15-13-29(23-39(37)45-41)27-9-5-3-6-10-27)19-31-22-36-26(2)18-34(20-32(36)21-35(25)31)42-44-38-16-14-30(24-40(38)46-42)28-11-7-4-8-12-28/h3-24H,1-2H3. The van der Waals surface area contributed by atoms with Gasteiger partial charge in [-0.3, -0.25) is 0 Å². The van der Waals surface area contributed by atoms with E-state index < -0.39 is 0 Å².